The van der Waals surface area contributed by atoms with Crippen LogP contribution in [-0.4, -0.2) is 29.1 Å². The lowest BCUT2D eigenvalue weighted by Crippen LogP contribution is -2.19. The summed E-state index contributed by atoms with van der Waals surface area (Å²) in [6, 6.07) is 22.0. The zero-order valence-corrected chi connectivity index (χ0v) is 22.2. The molecule has 2 heterocycles. The van der Waals surface area contributed by atoms with Gasteiger partial charge in [-0.1, -0.05) is 52.3 Å². The highest BCUT2D eigenvalue weighted by atomic mass is 79.9. The van der Waals surface area contributed by atoms with Crippen LogP contribution in [0.25, 0.3) is 33.5 Å². The normalized spacial score (nSPS) is 16.3. The Morgan fingerprint density at radius 3 is 2.51 bits per heavy atom. The number of hydrogen-bond donors (Lipinski definition) is 1. The molecule has 0 radical (unpaired) electrons. The van der Waals surface area contributed by atoms with Gasteiger partial charge in [-0.15, -0.1) is 0 Å². The lowest BCUT2D eigenvalue weighted by atomic mass is 9.77. The average Bonchev–Trinajstić information content (AvgIpc) is 3.44. The summed E-state index contributed by atoms with van der Waals surface area (Å²) >= 11 is 3.51. The Hall–Kier alpha value is -3.64. The van der Waals surface area contributed by atoms with Gasteiger partial charge in [0.2, 0.25) is 0 Å². The van der Waals surface area contributed by atoms with Crippen LogP contribution < -0.4 is 4.90 Å². The molecule has 0 spiro atoms. The van der Waals surface area contributed by atoms with Crippen molar-refractivity contribution in [2.24, 2.45) is 0 Å². The fourth-order valence-corrected chi connectivity index (χ4v) is 5.98. The Morgan fingerprint density at radius 1 is 1.00 bits per heavy atom. The summed E-state index contributed by atoms with van der Waals surface area (Å²) in [7, 11) is 0. The highest BCUT2D eigenvalue weighted by Crippen LogP contribution is 2.50. The monoisotopic (exact) mass is 554 g/mol. The number of carbonyl (C=O) groups is 1. The van der Waals surface area contributed by atoms with Crippen LogP contribution in [0.1, 0.15) is 37.0 Å². The summed E-state index contributed by atoms with van der Waals surface area (Å²) in [5.41, 5.74) is 8.51. The number of pyridine rings is 1. The molecular formula is C31H27BrN2O3. The first-order valence-corrected chi connectivity index (χ1v) is 13.4. The lowest BCUT2D eigenvalue weighted by molar-refractivity contribution is -0.146. The Bertz CT molecular complexity index is 1490. The maximum atomic E-state index is 12.2. The van der Waals surface area contributed by atoms with Gasteiger partial charge in [0, 0.05) is 59.5 Å². The smallest absolute Gasteiger partial charge is 0.303 e. The SMILES string of the molecule is CC(=O)OC1Cc2c(-c3cc(N4CCCC4)ccn3)cccc2-c2c(O)ccc(-c3ccc(Br)cc3)c21. The summed E-state index contributed by atoms with van der Waals surface area (Å²) in [5, 5.41) is 11.1. The van der Waals surface area contributed by atoms with E-state index in [2.05, 4.69) is 39.0 Å². The summed E-state index contributed by atoms with van der Waals surface area (Å²) in [6.07, 6.45) is 4.25. The molecule has 1 atom stereocenters. The van der Waals surface area contributed by atoms with Crippen LogP contribution in [-0.2, 0) is 16.0 Å². The van der Waals surface area contributed by atoms with Gasteiger partial charge in [-0.3, -0.25) is 9.78 Å². The number of anilines is 1. The van der Waals surface area contributed by atoms with Gasteiger partial charge < -0.3 is 14.7 Å². The molecule has 6 heteroatoms. The van der Waals surface area contributed by atoms with Gasteiger partial charge in [0.05, 0.1) is 5.69 Å². The van der Waals surface area contributed by atoms with Gasteiger partial charge in [-0.2, -0.15) is 0 Å². The summed E-state index contributed by atoms with van der Waals surface area (Å²) in [6.45, 7) is 3.56. The van der Waals surface area contributed by atoms with Crippen molar-refractivity contribution in [1.29, 1.82) is 0 Å². The Balaban J connectivity index is 1.54. The number of phenolic OH excluding ortho intramolecular Hbond substituents is 1. The average molecular weight is 555 g/mol. The molecular weight excluding hydrogens is 528 g/mol. The number of nitrogens with zero attached hydrogens (tertiary/aromatic N) is 2. The molecule has 4 aromatic rings. The van der Waals surface area contributed by atoms with Crippen LogP contribution in [0.3, 0.4) is 0 Å². The van der Waals surface area contributed by atoms with Crippen molar-refractivity contribution in [3.8, 4) is 39.3 Å². The Kier molecular flexibility index (Phi) is 6.21. The molecule has 1 N–H and O–H groups in total. The van der Waals surface area contributed by atoms with Crippen LogP contribution in [0.5, 0.6) is 5.75 Å². The molecule has 0 bridgehead atoms. The van der Waals surface area contributed by atoms with Crippen LogP contribution in [0.2, 0.25) is 0 Å². The quantitative estimate of drug-likeness (QED) is 0.268. The van der Waals surface area contributed by atoms with Crippen molar-refractivity contribution in [1.82, 2.24) is 4.98 Å². The van der Waals surface area contributed by atoms with Gasteiger partial charge in [-0.25, -0.2) is 0 Å². The number of halogens is 1. The molecule has 5 nitrogen and oxygen atoms in total. The molecule has 0 saturated carbocycles. The van der Waals surface area contributed by atoms with Crippen molar-refractivity contribution < 1.29 is 14.6 Å². The molecule has 1 unspecified atom stereocenters. The minimum Gasteiger partial charge on any atom is -0.507 e. The third kappa shape index (κ3) is 4.40. The maximum Gasteiger partial charge on any atom is 0.303 e. The predicted octanol–water partition coefficient (Wildman–Crippen LogP) is 7.31. The molecule has 1 aliphatic carbocycles. The van der Waals surface area contributed by atoms with Crippen LogP contribution >= 0.6 is 15.9 Å². The van der Waals surface area contributed by atoms with Crippen molar-refractivity contribution in [2.75, 3.05) is 18.0 Å². The number of aromatic hydroxyl groups is 1. The number of hydrogen-bond acceptors (Lipinski definition) is 5. The van der Waals surface area contributed by atoms with Crippen molar-refractivity contribution in [3.05, 3.63) is 88.5 Å². The second-order valence-corrected chi connectivity index (χ2v) is 10.6. The lowest BCUT2D eigenvalue weighted by Gasteiger charge is -2.31. The second-order valence-electron chi connectivity index (χ2n) is 9.66. The molecule has 1 fully saturated rings. The summed E-state index contributed by atoms with van der Waals surface area (Å²) in [5.74, 6) is -0.180. The fraction of sp³-hybridized carbons (Fsp3) is 0.226. The van der Waals surface area contributed by atoms with E-state index in [4.69, 9.17) is 9.72 Å². The maximum absolute atomic E-state index is 12.2. The zero-order chi connectivity index (χ0) is 25.5. The third-order valence-electron chi connectivity index (χ3n) is 7.33. The van der Waals surface area contributed by atoms with E-state index in [0.717, 1.165) is 56.6 Å². The topological polar surface area (TPSA) is 62.7 Å². The fourth-order valence-electron chi connectivity index (χ4n) is 5.71. The molecule has 1 saturated heterocycles. The zero-order valence-electron chi connectivity index (χ0n) is 20.6. The first-order chi connectivity index (χ1) is 18.0. The van der Waals surface area contributed by atoms with Crippen LogP contribution in [0, 0.1) is 0 Å². The Labute approximate surface area is 224 Å². The minimum atomic E-state index is -0.534. The van der Waals surface area contributed by atoms with Crippen molar-refractivity contribution in [3.63, 3.8) is 0 Å². The van der Waals surface area contributed by atoms with E-state index in [0.29, 0.717) is 12.0 Å². The number of fused-ring (bicyclic) bond motifs is 3. The van der Waals surface area contributed by atoms with Crippen LogP contribution in [0.4, 0.5) is 5.69 Å². The first kappa shape index (κ1) is 23.7. The van der Waals surface area contributed by atoms with Gasteiger partial charge in [0.1, 0.15) is 11.9 Å². The second kappa shape index (κ2) is 9.67. The Morgan fingerprint density at radius 2 is 1.76 bits per heavy atom. The summed E-state index contributed by atoms with van der Waals surface area (Å²) in [4.78, 5) is 19.4. The minimum absolute atomic E-state index is 0.171. The number of carbonyl (C=O) groups excluding carboxylic acids is 1. The highest BCUT2D eigenvalue weighted by molar-refractivity contribution is 9.10. The van der Waals surface area contributed by atoms with Gasteiger partial charge >= 0.3 is 5.97 Å². The molecule has 3 aromatic carbocycles. The molecule has 1 aromatic heterocycles. The molecule has 2 aliphatic rings. The van der Waals surface area contributed by atoms with E-state index in [1.165, 1.54) is 25.5 Å². The number of phenols is 1. The standard InChI is InChI=1S/C31H27BrN2O3/c1-19(35)37-29-18-26-24(27-17-22(13-14-33-27)34-15-2-3-16-34)5-4-6-25(26)30-28(36)12-11-23(31(29)30)20-7-9-21(32)10-8-20/h4-14,17,29,36H,2-3,15-16,18H2,1H3. The predicted molar refractivity (Wildman–Crippen MR) is 150 cm³/mol. The third-order valence-corrected chi connectivity index (χ3v) is 7.86. The number of rotatable bonds is 4. The van der Waals surface area contributed by atoms with Crippen molar-refractivity contribution >= 4 is 27.6 Å². The molecule has 1 aliphatic heterocycles. The van der Waals surface area contributed by atoms with Crippen LogP contribution in [0.15, 0.2) is 77.4 Å². The number of ether oxygens (including phenoxy) is 1. The largest absolute Gasteiger partial charge is 0.507 e. The number of aromatic nitrogens is 1. The van der Waals surface area contributed by atoms with E-state index in [1.54, 1.807) is 6.07 Å². The van der Waals surface area contributed by atoms with Gasteiger partial charge in [-0.05, 0) is 65.4 Å². The molecule has 6 rings (SSSR count). The van der Waals surface area contributed by atoms with E-state index < -0.39 is 6.10 Å². The molecule has 186 valence electrons. The van der Waals surface area contributed by atoms with Gasteiger partial charge in [0.15, 0.2) is 0 Å². The van der Waals surface area contributed by atoms with E-state index >= 15 is 0 Å². The van der Waals surface area contributed by atoms with Crippen molar-refractivity contribution in [2.45, 2.75) is 32.3 Å². The number of benzene rings is 3. The number of esters is 1. The molecule has 37 heavy (non-hydrogen) atoms. The van der Waals surface area contributed by atoms with E-state index in [9.17, 15) is 9.90 Å². The molecule has 0 amide bonds. The summed E-state index contributed by atoms with van der Waals surface area (Å²) < 4.78 is 6.91. The van der Waals surface area contributed by atoms with E-state index in [-0.39, 0.29) is 11.7 Å². The van der Waals surface area contributed by atoms with E-state index in [1.807, 2.05) is 48.7 Å². The first-order valence-electron chi connectivity index (χ1n) is 12.6. The highest BCUT2D eigenvalue weighted by Gasteiger charge is 2.33. The van der Waals surface area contributed by atoms with Gasteiger partial charge in [0.25, 0.3) is 0 Å².